The molecular weight excluding hydrogens is 358 g/mol. The smallest absolute Gasteiger partial charge is 0.249 e. The Bertz CT molecular complexity index is 890. The summed E-state index contributed by atoms with van der Waals surface area (Å²) in [4.78, 5) is 6.27. The zero-order valence-corrected chi connectivity index (χ0v) is 15.7. The van der Waals surface area contributed by atoms with E-state index in [1.165, 1.54) is 6.20 Å². The number of hydrogen-bond donors (Lipinski definition) is 1. The van der Waals surface area contributed by atoms with E-state index in [1.54, 1.807) is 32.4 Å². The van der Waals surface area contributed by atoms with E-state index in [4.69, 9.17) is 9.47 Å². The number of methoxy groups -OCH3 is 2. The lowest BCUT2D eigenvalue weighted by atomic mass is 10.2. The monoisotopic (exact) mass is 379 g/mol. The highest BCUT2D eigenvalue weighted by Crippen LogP contribution is 2.31. The molecule has 1 unspecified atom stereocenters. The van der Waals surface area contributed by atoms with Gasteiger partial charge in [0.25, 0.3) is 0 Å². The van der Waals surface area contributed by atoms with Crippen LogP contribution in [0.15, 0.2) is 24.4 Å². The molecule has 1 aromatic carbocycles. The molecule has 10 heteroatoms. The lowest BCUT2D eigenvalue weighted by Crippen LogP contribution is -2.33. The number of nitrogens with zero attached hydrogens (tertiary/aromatic N) is 4. The summed E-state index contributed by atoms with van der Waals surface area (Å²) in [5, 5.41) is 11.0. The largest absolute Gasteiger partial charge is 0.497 e. The third-order valence-electron chi connectivity index (χ3n) is 4.32. The van der Waals surface area contributed by atoms with E-state index >= 15 is 0 Å². The van der Waals surface area contributed by atoms with E-state index in [-0.39, 0.29) is 17.5 Å². The van der Waals surface area contributed by atoms with Crippen LogP contribution in [0.5, 0.6) is 11.5 Å². The van der Waals surface area contributed by atoms with E-state index in [0.717, 1.165) is 0 Å². The highest BCUT2D eigenvalue weighted by Gasteiger charge is 2.31. The molecule has 0 saturated carbocycles. The molecule has 1 fully saturated rings. The van der Waals surface area contributed by atoms with Gasteiger partial charge in [0.15, 0.2) is 15.7 Å². The van der Waals surface area contributed by atoms with E-state index in [2.05, 4.69) is 20.5 Å². The van der Waals surface area contributed by atoms with Gasteiger partial charge in [-0.3, -0.25) is 0 Å². The van der Waals surface area contributed by atoms with Crippen molar-refractivity contribution >= 4 is 27.3 Å². The number of anilines is 3. The van der Waals surface area contributed by atoms with Crippen LogP contribution in [0.3, 0.4) is 0 Å². The fourth-order valence-electron chi connectivity index (χ4n) is 2.81. The molecule has 1 atom stereocenters. The fourth-order valence-corrected chi connectivity index (χ4v) is 4.58. The Morgan fingerprint density at radius 3 is 2.73 bits per heavy atom. The van der Waals surface area contributed by atoms with Crippen LogP contribution in [-0.2, 0) is 9.84 Å². The van der Waals surface area contributed by atoms with Crippen LogP contribution >= 0.6 is 0 Å². The molecule has 0 spiro atoms. The minimum atomic E-state index is -2.97. The minimum Gasteiger partial charge on any atom is -0.497 e. The van der Waals surface area contributed by atoms with Crippen molar-refractivity contribution in [3.63, 3.8) is 0 Å². The van der Waals surface area contributed by atoms with Gasteiger partial charge in [-0.2, -0.15) is 10.1 Å². The quantitative estimate of drug-likeness (QED) is 0.793. The molecule has 0 radical (unpaired) electrons. The van der Waals surface area contributed by atoms with E-state index in [0.29, 0.717) is 35.4 Å². The van der Waals surface area contributed by atoms with Crippen molar-refractivity contribution in [1.82, 2.24) is 15.2 Å². The van der Waals surface area contributed by atoms with E-state index in [1.807, 2.05) is 11.9 Å². The molecular formula is C16H21N5O4S. The van der Waals surface area contributed by atoms with Crippen molar-refractivity contribution in [1.29, 1.82) is 0 Å². The summed E-state index contributed by atoms with van der Waals surface area (Å²) in [5.41, 5.74) is 0.665. The van der Waals surface area contributed by atoms with Gasteiger partial charge in [-0.25, -0.2) is 8.42 Å². The molecule has 1 N–H and O–H groups in total. The standard InChI is InChI=1S/C16H21N5O4S/c1-21(11-6-7-26(22,23)10-11)15-9-17-20-16(19-15)18-13-5-4-12(24-2)8-14(13)25-3/h4-5,8-9,11H,6-7,10H2,1-3H3,(H,18,19,20). The second kappa shape index (κ2) is 7.32. The molecule has 0 aliphatic carbocycles. The minimum absolute atomic E-state index is 0.111. The van der Waals surface area contributed by atoms with Crippen LogP contribution in [0.25, 0.3) is 0 Å². The Morgan fingerprint density at radius 1 is 1.27 bits per heavy atom. The second-order valence-corrected chi connectivity index (χ2v) is 8.23. The molecule has 2 heterocycles. The Labute approximate surface area is 152 Å². The molecule has 26 heavy (non-hydrogen) atoms. The average Bonchev–Trinajstić information content (AvgIpc) is 3.01. The Morgan fingerprint density at radius 2 is 2.08 bits per heavy atom. The first-order valence-corrected chi connectivity index (χ1v) is 9.86. The summed E-state index contributed by atoms with van der Waals surface area (Å²) in [6.45, 7) is 0. The van der Waals surface area contributed by atoms with Crippen molar-refractivity contribution in [2.75, 3.05) is 43.0 Å². The van der Waals surface area contributed by atoms with E-state index in [9.17, 15) is 8.42 Å². The maximum absolute atomic E-state index is 11.7. The highest BCUT2D eigenvalue weighted by molar-refractivity contribution is 7.91. The first-order chi connectivity index (χ1) is 12.4. The average molecular weight is 379 g/mol. The van der Waals surface area contributed by atoms with Gasteiger partial charge in [-0.1, -0.05) is 0 Å². The van der Waals surface area contributed by atoms with Crippen molar-refractivity contribution in [3.05, 3.63) is 24.4 Å². The third-order valence-corrected chi connectivity index (χ3v) is 6.07. The van der Waals surface area contributed by atoms with Gasteiger partial charge in [-0.05, 0) is 18.6 Å². The topological polar surface area (TPSA) is 107 Å². The van der Waals surface area contributed by atoms with Crippen molar-refractivity contribution in [2.45, 2.75) is 12.5 Å². The molecule has 2 aromatic rings. The summed E-state index contributed by atoms with van der Waals surface area (Å²) in [7, 11) is 1.98. The zero-order chi connectivity index (χ0) is 18.7. The van der Waals surface area contributed by atoms with Gasteiger partial charge in [-0.15, -0.1) is 5.10 Å². The fraction of sp³-hybridized carbons (Fsp3) is 0.438. The second-order valence-electron chi connectivity index (χ2n) is 6.00. The molecule has 3 rings (SSSR count). The van der Waals surface area contributed by atoms with Crippen molar-refractivity contribution < 1.29 is 17.9 Å². The summed E-state index contributed by atoms with van der Waals surface area (Å²) >= 11 is 0. The predicted molar refractivity (Wildman–Crippen MR) is 98.1 cm³/mol. The molecule has 9 nitrogen and oxygen atoms in total. The Hall–Kier alpha value is -2.62. The maximum Gasteiger partial charge on any atom is 0.249 e. The zero-order valence-electron chi connectivity index (χ0n) is 14.8. The van der Waals surface area contributed by atoms with Crippen LogP contribution in [-0.4, -0.2) is 62.4 Å². The SMILES string of the molecule is COc1ccc(Nc2nncc(N(C)C3CCS(=O)(=O)C3)n2)c(OC)c1. The normalized spacial score (nSPS) is 18.3. The summed E-state index contributed by atoms with van der Waals surface area (Å²) in [6.07, 6.45) is 2.10. The van der Waals surface area contributed by atoms with Gasteiger partial charge < -0.3 is 19.7 Å². The first kappa shape index (κ1) is 18.2. The molecule has 1 aromatic heterocycles. The molecule has 1 aliphatic heterocycles. The molecule has 0 amide bonds. The van der Waals surface area contributed by atoms with Crippen LogP contribution in [0.1, 0.15) is 6.42 Å². The number of benzene rings is 1. The van der Waals surface area contributed by atoms with E-state index < -0.39 is 9.84 Å². The van der Waals surface area contributed by atoms with Gasteiger partial charge in [0.2, 0.25) is 5.95 Å². The highest BCUT2D eigenvalue weighted by atomic mass is 32.2. The summed E-state index contributed by atoms with van der Waals surface area (Å²) in [6, 6.07) is 5.22. The molecule has 0 bridgehead atoms. The number of ether oxygens (including phenoxy) is 2. The van der Waals surface area contributed by atoms with Crippen LogP contribution in [0.2, 0.25) is 0 Å². The Balaban J connectivity index is 1.80. The van der Waals surface area contributed by atoms with Crippen LogP contribution in [0, 0.1) is 0 Å². The number of nitrogens with one attached hydrogen (secondary N) is 1. The number of rotatable bonds is 6. The molecule has 1 aliphatic rings. The van der Waals surface area contributed by atoms with Crippen molar-refractivity contribution in [3.8, 4) is 11.5 Å². The van der Waals surface area contributed by atoms with Gasteiger partial charge in [0, 0.05) is 19.2 Å². The van der Waals surface area contributed by atoms with Gasteiger partial charge >= 0.3 is 0 Å². The van der Waals surface area contributed by atoms with Gasteiger partial charge in [0.1, 0.15) is 11.5 Å². The third kappa shape index (κ3) is 3.96. The predicted octanol–water partition coefficient (Wildman–Crippen LogP) is 1.26. The summed E-state index contributed by atoms with van der Waals surface area (Å²) < 4.78 is 33.9. The number of aromatic nitrogens is 3. The van der Waals surface area contributed by atoms with Crippen LogP contribution in [0.4, 0.5) is 17.5 Å². The summed E-state index contributed by atoms with van der Waals surface area (Å²) in [5.74, 6) is 2.42. The lowest BCUT2D eigenvalue weighted by molar-refractivity contribution is 0.395. The maximum atomic E-state index is 11.7. The lowest BCUT2D eigenvalue weighted by Gasteiger charge is -2.24. The number of hydrogen-bond acceptors (Lipinski definition) is 9. The van der Waals surface area contributed by atoms with Crippen LogP contribution < -0.4 is 19.7 Å². The molecule has 140 valence electrons. The molecule has 1 saturated heterocycles. The first-order valence-electron chi connectivity index (χ1n) is 8.04. The number of sulfone groups is 1. The van der Waals surface area contributed by atoms with Crippen molar-refractivity contribution in [2.24, 2.45) is 0 Å². The Kier molecular flexibility index (Phi) is 5.12. The van der Waals surface area contributed by atoms with Gasteiger partial charge in [0.05, 0.1) is 37.6 Å².